The van der Waals surface area contributed by atoms with Crippen molar-refractivity contribution in [3.05, 3.63) is 29.3 Å². The summed E-state index contributed by atoms with van der Waals surface area (Å²) in [6.07, 6.45) is 4.56. The maximum atomic E-state index is 12.3. The molecule has 3 heteroatoms. The molecule has 1 saturated carbocycles. The summed E-state index contributed by atoms with van der Waals surface area (Å²) in [6.45, 7) is 6.64. The molecule has 1 aromatic rings. The van der Waals surface area contributed by atoms with Gasteiger partial charge in [-0.15, -0.1) is 0 Å². The second-order valence-electron chi connectivity index (χ2n) is 6.69. The highest BCUT2D eigenvalue weighted by atomic mass is 16.1. The van der Waals surface area contributed by atoms with Crippen molar-refractivity contribution in [1.29, 1.82) is 0 Å². The molecule has 110 valence electrons. The van der Waals surface area contributed by atoms with Crippen LogP contribution in [-0.2, 0) is 0 Å². The number of anilines is 1. The first kappa shape index (κ1) is 14.9. The van der Waals surface area contributed by atoms with E-state index in [-0.39, 0.29) is 5.91 Å². The molecule has 0 bridgehead atoms. The highest BCUT2D eigenvalue weighted by molar-refractivity contribution is 5.95. The van der Waals surface area contributed by atoms with Crippen LogP contribution in [0.2, 0.25) is 0 Å². The topological polar surface area (TPSA) is 41.1 Å². The van der Waals surface area contributed by atoms with E-state index in [4.69, 9.17) is 0 Å². The van der Waals surface area contributed by atoms with Crippen LogP contribution < -0.4 is 10.6 Å². The summed E-state index contributed by atoms with van der Waals surface area (Å²) in [7, 11) is 1.89. The van der Waals surface area contributed by atoms with Crippen molar-refractivity contribution in [3.8, 4) is 0 Å². The molecule has 1 fully saturated rings. The molecule has 3 nitrogen and oxygen atoms in total. The van der Waals surface area contributed by atoms with Crippen LogP contribution in [0, 0.1) is 12.3 Å². The van der Waals surface area contributed by atoms with Crippen molar-refractivity contribution in [2.75, 3.05) is 12.4 Å². The molecule has 0 spiro atoms. The summed E-state index contributed by atoms with van der Waals surface area (Å²) >= 11 is 0. The van der Waals surface area contributed by atoms with Gasteiger partial charge in [0.15, 0.2) is 0 Å². The van der Waals surface area contributed by atoms with Crippen LogP contribution >= 0.6 is 0 Å². The molecule has 20 heavy (non-hydrogen) atoms. The van der Waals surface area contributed by atoms with E-state index < -0.39 is 0 Å². The van der Waals surface area contributed by atoms with Gasteiger partial charge < -0.3 is 10.6 Å². The Hall–Kier alpha value is -1.51. The van der Waals surface area contributed by atoms with Gasteiger partial charge in [0.25, 0.3) is 5.91 Å². The van der Waals surface area contributed by atoms with E-state index in [9.17, 15) is 4.79 Å². The zero-order valence-electron chi connectivity index (χ0n) is 13.0. The summed E-state index contributed by atoms with van der Waals surface area (Å²) in [5, 5.41) is 6.30. The Labute approximate surface area is 122 Å². The van der Waals surface area contributed by atoms with Crippen LogP contribution in [0.25, 0.3) is 0 Å². The molecule has 0 heterocycles. The van der Waals surface area contributed by atoms with Crippen molar-refractivity contribution in [1.82, 2.24) is 5.32 Å². The van der Waals surface area contributed by atoms with E-state index >= 15 is 0 Å². The normalized spacial score (nSPS) is 18.6. The number of rotatable bonds is 3. The molecule has 1 amide bonds. The van der Waals surface area contributed by atoms with Crippen LogP contribution in [0.15, 0.2) is 18.2 Å². The molecule has 2 rings (SSSR count). The predicted molar refractivity (Wildman–Crippen MR) is 84.2 cm³/mol. The van der Waals surface area contributed by atoms with Crippen LogP contribution in [0.3, 0.4) is 0 Å². The monoisotopic (exact) mass is 274 g/mol. The third-order valence-electron chi connectivity index (χ3n) is 4.43. The molecule has 0 aliphatic heterocycles. The van der Waals surface area contributed by atoms with Crippen molar-refractivity contribution >= 4 is 11.6 Å². The Balaban J connectivity index is 1.97. The number of hydrogen-bond acceptors (Lipinski definition) is 2. The lowest BCUT2D eigenvalue weighted by Crippen LogP contribution is -2.39. The van der Waals surface area contributed by atoms with Gasteiger partial charge in [-0.3, -0.25) is 4.79 Å². The molecule has 0 saturated heterocycles. The fraction of sp³-hybridized carbons (Fsp3) is 0.588. The minimum Gasteiger partial charge on any atom is -0.388 e. The number of nitrogens with one attached hydrogen (secondary N) is 2. The first-order valence-corrected chi connectivity index (χ1v) is 7.50. The zero-order chi connectivity index (χ0) is 14.8. The summed E-state index contributed by atoms with van der Waals surface area (Å²) in [4.78, 5) is 12.3. The largest absolute Gasteiger partial charge is 0.388 e. The van der Waals surface area contributed by atoms with Crippen LogP contribution in [0.5, 0.6) is 0 Å². The number of amides is 1. The van der Waals surface area contributed by atoms with Gasteiger partial charge in [-0.25, -0.2) is 0 Å². The highest BCUT2D eigenvalue weighted by Gasteiger charge is 2.27. The van der Waals surface area contributed by atoms with Gasteiger partial charge in [0.1, 0.15) is 0 Å². The van der Waals surface area contributed by atoms with E-state index in [1.165, 1.54) is 12.8 Å². The average Bonchev–Trinajstić information content (AvgIpc) is 2.41. The number of hydrogen-bond donors (Lipinski definition) is 2. The second-order valence-corrected chi connectivity index (χ2v) is 6.69. The van der Waals surface area contributed by atoms with Gasteiger partial charge in [-0.2, -0.15) is 0 Å². The standard InChI is InChI=1S/C17H26N2O/c1-12-11-13(5-6-15(12)18-4)16(20)19-14-7-9-17(2,3)10-8-14/h5-6,11,14,18H,7-10H2,1-4H3,(H,19,20). The van der Waals surface area contributed by atoms with Crippen molar-refractivity contribution in [2.45, 2.75) is 52.5 Å². The maximum absolute atomic E-state index is 12.3. The van der Waals surface area contributed by atoms with Gasteiger partial charge in [-0.1, -0.05) is 13.8 Å². The highest BCUT2D eigenvalue weighted by Crippen LogP contribution is 2.35. The summed E-state index contributed by atoms with van der Waals surface area (Å²) < 4.78 is 0. The van der Waals surface area contributed by atoms with Crippen molar-refractivity contribution < 1.29 is 4.79 Å². The summed E-state index contributed by atoms with van der Waals surface area (Å²) in [5.41, 5.74) is 3.36. The van der Waals surface area contributed by atoms with Gasteiger partial charge >= 0.3 is 0 Å². The van der Waals surface area contributed by atoms with E-state index in [0.29, 0.717) is 11.5 Å². The van der Waals surface area contributed by atoms with E-state index in [1.54, 1.807) is 0 Å². The summed E-state index contributed by atoms with van der Waals surface area (Å²) in [5.74, 6) is 0.0560. The molecule has 1 aromatic carbocycles. The molecule has 0 radical (unpaired) electrons. The molecule has 1 aliphatic carbocycles. The average molecular weight is 274 g/mol. The van der Waals surface area contributed by atoms with Gasteiger partial charge in [-0.05, 0) is 61.8 Å². The van der Waals surface area contributed by atoms with Crippen LogP contribution in [-0.4, -0.2) is 19.0 Å². The first-order chi connectivity index (χ1) is 9.41. The molecule has 0 atom stereocenters. The zero-order valence-corrected chi connectivity index (χ0v) is 13.0. The van der Waals surface area contributed by atoms with Crippen LogP contribution in [0.1, 0.15) is 55.5 Å². The third-order valence-corrected chi connectivity index (χ3v) is 4.43. The molecule has 0 unspecified atom stereocenters. The second kappa shape index (κ2) is 5.86. The molecule has 2 N–H and O–H groups in total. The van der Waals surface area contributed by atoms with Gasteiger partial charge in [0.05, 0.1) is 0 Å². The lowest BCUT2D eigenvalue weighted by Gasteiger charge is -2.34. The number of aryl methyl sites for hydroxylation is 1. The number of carbonyl (C=O) groups is 1. The Morgan fingerprint density at radius 3 is 2.45 bits per heavy atom. The summed E-state index contributed by atoms with van der Waals surface area (Å²) in [6, 6.07) is 6.14. The number of benzene rings is 1. The third kappa shape index (κ3) is 3.53. The van der Waals surface area contributed by atoms with Crippen LogP contribution in [0.4, 0.5) is 5.69 Å². The molecule has 0 aromatic heterocycles. The maximum Gasteiger partial charge on any atom is 0.251 e. The Bertz CT molecular complexity index is 484. The van der Waals surface area contributed by atoms with E-state index in [2.05, 4.69) is 24.5 Å². The SMILES string of the molecule is CNc1ccc(C(=O)NC2CCC(C)(C)CC2)cc1C. The molecular formula is C17H26N2O. The van der Waals surface area contributed by atoms with E-state index in [1.807, 2.05) is 32.2 Å². The Morgan fingerprint density at radius 1 is 1.25 bits per heavy atom. The molecular weight excluding hydrogens is 248 g/mol. The fourth-order valence-corrected chi connectivity index (χ4v) is 2.90. The lowest BCUT2D eigenvalue weighted by molar-refractivity contribution is 0.0909. The minimum atomic E-state index is 0.0560. The predicted octanol–water partition coefficient (Wildman–Crippen LogP) is 3.74. The Morgan fingerprint density at radius 2 is 1.90 bits per heavy atom. The first-order valence-electron chi connectivity index (χ1n) is 7.50. The van der Waals surface area contributed by atoms with Gasteiger partial charge in [0, 0.05) is 24.3 Å². The Kier molecular flexibility index (Phi) is 4.36. The lowest BCUT2D eigenvalue weighted by atomic mass is 9.75. The number of carbonyl (C=O) groups excluding carboxylic acids is 1. The van der Waals surface area contributed by atoms with Crippen molar-refractivity contribution in [3.63, 3.8) is 0 Å². The minimum absolute atomic E-state index is 0.0560. The fourth-order valence-electron chi connectivity index (χ4n) is 2.90. The van der Waals surface area contributed by atoms with Gasteiger partial charge in [0.2, 0.25) is 0 Å². The smallest absolute Gasteiger partial charge is 0.251 e. The quantitative estimate of drug-likeness (QED) is 0.881. The molecule has 1 aliphatic rings. The van der Waals surface area contributed by atoms with Crippen molar-refractivity contribution in [2.24, 2.45) is 5.41 Å². The van der Waals surface area contributed by atoms with E-state index in [0.717, 1.165) is 29.7 Å².